The fraction of sp³-hybridized carbons (Fsp3) is 0.364. The molecule has 5 rings (SSSR count). The van der Waals surface area contributed by atoms with Crippen molar-refractivity contribution in [1.29, 1.82) is 0 Å². The van der Waals surface area contributed by atoms with E-state index in [0.29, 0.717) is 36.8 Å². The highest BCUT2D eigenvalue weighted by Crippen LogP contribution is 2.28. The van der Waals surface area contributed by atoms with Crippen LogP contribution in [0.1, 0.15) is 37.3 Å². The number of aryl methyl sites for hydroxylation is 1. The molecule has 1 fully saturated rings. The minimum Gasteiger partial charge on any atom is -0.495 e. The van der Waals surface area contributed by atoms with E-state index in [1.54, 1.807) is 42.5 Å². The van der Waals surface area contributed by atoms with Gasteiger partial charge in [0.2, 0.25) is 15.9 Å². The first kappa shape index (κ1) is 32.0. The largest absolute Gasteiger partial charge is 0.495 e. The fourth-order valence-electron chi connectivity index (χ4n) is 5.80. The lowest BCUT2D eigenvalue weighted by atomic mass is 10.1. The van der Waals surface area contributed by atoms with Crippen molar-refractivity contribution < 1.29 is 22.7 Å². The number of sulfonamides is 1. The third kappa shape index (κ3) is 8.00. The molecule has 2 unspecified atom stereocenters. The number of nitrogens with one attached hydrogen (secondary N) is 3. The van der Waals surface area contributed by atoms with Gasteiger partial charge in [-0.25, -0.2) is 17.9 Å². The van der Waals surface area contributed by atoms with Crippen molar-refractivity contribution in [3.05, 3.63) is 83.9 Å². The zero-order chi connectivity index (χ0) is 32.0. The van der Waals surface area contributed by atoms with E-state index in [-0.39, 0.29) is 35.3 Å². The molecule has 0 aromatic heterocycles. The Morgan fingerprint density at radius 1 is 1.00 bits per heavy atom. The number of anilines is 2. The number of amides is 3. The van der Waals surface area contributed by atoms with E-state index in [1.807, 2.05) is 54.1 Å². The highest BCUT2D eigenvalue weighted by Gasteiger charge is 2.35. The lowest BCUT2D eigenvalue weighted by molar-refractivity contribution is -0.130. The SMILES string of the molecule is COc1cc(CC(=O)N2CCCC2C2=NN(CC(C)NS(=O)(=O)c3ccccc3)CC2)ccc1NC(=O)Nc1ccccc1C. The molecule has 3 N–H and O–H groups in total. The molecule has 0 saturated carbocycles. The topological polar surface area (TPSA) is 132 Å². The summed E-state index contributed by atoms with van der Waals surface area (Å²) in [5.41, 5.74) is 3.90. The molecule has 0 spiro atoms. The number of hydrogen-bond acceptors (Lipinski definition) is 7. The fourth-order valence-corrected chi connectivity index (χ4v) is 7.06. The van der Waals surface area contributed by atoms with Crippen molar-refractivity contribution in [3.63, 3.8) is 0 Å². The van der Waals surface area contributed by atoms with Gasteiger partial charge in [-0.2, -0.15) is 5.10 Å². The van der Waals surface area contributed by atoms with Gasteiger partial charge in [0, 0.05) is 31.2 Å². The number of carbonyl (C=O) groups is 2. The molecule has 1 saturated heterocycles. The Hall–Kier alpha value is -4.42. The molecular weight excluding hydrogens is 592 g/mol. The van der Waals surface area contributed by atoms with E-state index in [0.717, 1.165) is 36.1 Å². The normalized spacial score (nSPS) is 17.1. The van der Waals surface area contributed by atoms with Crippen molar-refractivity contribution in [2.24, 2.45) is 5.10 Å². The summed E-state index contributed by atoms with van der Waals surface area (Å²) in [6, 6.07) is 20.4. The van der Waals surface area contributed by atoms with Gasteiger partial charge in [-0.05, 0) is 68.1 Å². The molecule has 2 aliphatic heterocycles. The number of rotatable bonds is 11. The molecule has 3 aromatic rings. The van der Waals surface area contributed by atoms with Gasteiger partial charge < -0.3 is 20.3 Å². The van der Waals surface area contributed by atoms with Crippen molar-refractivity contribution >= 4 is 39.0 Å². The quantitative estimate of drug-likeness (QED) is 0.283. The predicted molar refractivity (Wildman–Crippen MR) is 175 cm³/mol. The zero-order valence-electron chi connectivity index (χ0n) is 25.8. The third-order valence-corrected chi connectivity index (χ3v) is 9.62. The van der Waals surface area contributed by atoms with Crippen LogP contribution < -0.4 is 20.1 Å². The average molecular weight is 633 g/mol. The van der Waals surface area contributed by atoms with Crippen LogP contribution in [0.4, 0.5) is 16.2 Å². The molecular formula is C33H40N6O5S. The lowest BCUT2D eigenvalue weighted by Gasteiger charge is -2.25. The van der Waals surface area contributed by atoms with Crippen LogP contribution in [0.15, 0.2) is 82.8 Å². The van der Waals surface area contributed by atoms with Gasteiger partial charge in [0.05, 0.1) is 42.4 Å². The highest BCUT2D eigenvalue weighted by atomic mass is 32.2. The minimum absolute atomic E-state index is 0.00250. The number of nitrogens with zero attached hydrogens (tertiary/aromatic N) is 3. The Morgan fingerprint density at radius 2 is 1.73 bits per heavy atom. The van der Waals surface area contributed by atoms with Crippen molar-refractivity contribution in [1.82, 2.24) is 14.6 Å². The number of likely N-dealkylation sites (tertiary alicyclic amines) is 1. The Bertz CT molecular complexity index is 1660. The summed E-state index contributed by atoms with van der Waals surface area (Å²) in [6.07, 6.45) is 2.66. The van der Waals surface area contributed by atoms with E-state index >= 15 is 0 Å². The molecule has 11 nitrogen and oxygen atoms in total. The van der Waals surface area contributed by atoms with Gasteiger partial charge in [-0.1, -0.05) is 42.5 Å². The third-order valence-electron chi connectivity index (χ3n) is 8.01. The van der Waals surface area contributed by atoms with Crippen LogP contribution in [0.3, 0.4) is 0 Å². The molecule has 0 radical (unpaired) electrons. The molecule has 2 heterocycles. The van der Waals surface area contributed by atoms with Gasteiger partial charge in [0.1, 0.15) is 5.75 Å². The van der Waals surface area contributed by atoms with E-state index in [9.17, 15) is 18.0 Å². The summed E-state index contributed by atoms with van der Waals surface area (Å²) >= 11 is 0. The van der Waals surface area contributed by atoms with E-state index < -0.39 is 10.0 Å². The second-order valence-corrected chi connectivity index (χ2v) is 13.2. The molecule has 45 heavy (non-hydrogen) atoms. The minimum atomic E-state index is -3.62. The monoisotopic (exact) mass is 632 g/mol. The predicted octanol–water partition coefficient (Wildman–Crippen LogP) is 4.61. The molecule has 3 amide bonds. The Balaban J connectivity index is 1.17. The second-order valence-electron chi connectivity index (χ2n) is 11.4. The smallest absolute Gasteiger partial charge is 0.323 e. The van der Waals surface area contributed by atoms with Crippen LogP contribution >= 0.6 is 0 Å². The Morgan fingerprint density at radius 3 is 2.49 bits per heavy atom. The summed E-state index contributed by atoms with van der Waals surface area (Å²) in [7, 11) is -2.09. The number of hydrogen-bond donors (Lipinski definition) is 3. The van der Waals surface area contributed by atoms with Crippen LogP contribution in [-0.4, -0.2) is 74.8 Å². The number of urea groups is 1. The number of benzene rings is 3. The zero-order valence-corrected chi connectivity index (χ0v) is 26.6. The van der Waals surface area contributed by atoms with E-state index in [4.69, 9.17) is 9.84 Å². The van der Waals surface area contributed by atoms with Crippen molar-refractivity contribution in [3.8, 4) is 5.75 Å². The number of hydrazone groups is 1. The number of ether oxygens (including phenoxy) is 1. The maximum atomic E-state index is 13.5. The average Bonchev–Trinajstić information content (AvgIpc) is 3.69. The van der Waals surface area contributed by atoms with Crippen LogP contribution in [0.2, 0.25) is 0 Å². The molecule has 0 bridgehead atoms. The maximum absolute atomic E-state index is 13.5. The summed E-state index contributed by atoms with van der Waals surface area (Å²) in [4.78, 5) is 28.2. The molecule has 12 heteroatoms. The number of methoxy groups -OCH3 is 1. The number of carbonyl (C=O) groups excluding carboxylic acids is 2. The van der Waals surface area contributed by atoms with Crippen molar-refractivity contribution in [2.45, 2.75) is 56.5 Å². The first-order valence-electron chi connectivity index (χ1n) is 15.1. The van der Waals surface area contributed by atoms with Gasteiger partial charge in [-0.15, -0.1) is 0 Å². The first-order valence-corrected chi connectivity index (χ1v) is 16.6. The van der Waals surface area contributed by atoms with Gasteiger partial charge >= 0.3 is 6.03 Å². The summed E-state index contributed by atoms with van der Waals surface area (Å²) in [5, 5.41) is 12.4. The summed E-state index contributed by atoms with van der Waals surface area (Å²) in [6.45, 7) is 5.51. The molecule has 0 aliphatic carbocycles. The van der Waals surface area contributed by atoms with E-state index in [2.05, 4.69) is 15.4 Å². The van der Waals surface area contributed by atoms with E-state index in [1.165, 1.54) is 7.11 Å². The van der Waals surface area contributed by atoms with Crippen LogP contribution in [0, 0.1) is 6.92 Å². The van der Waals surface area contributed by atoms with Crippen LogP contribution in [0.25, 0.3) is 0 Å². The first-order chi connectivity index (χ1) is 21.6. The molecule has 3 aromatic carbocycles. The van der Waals surface area contributed by atoms with Crippen molar-refractivity contribution in [2.75, 3.05) is 37.4 Å². The van der Waals surface area contributed by atoms with Crippen LogP contribution in [-0.2, 0) is 21.2 Å². The van der Waals surface area contributed by atoms with Crippen LogP contribution in [0.5, 0.6) is 5.75 Å². The molecule has 238 valence electrons. The second kappa shape index (κ2) is 14.1. The van der Waals surface area contributed by atoms with Gasteiger partial charge in [-0.3, -0.25) is 9.80 Å². The maximum Gasteiger partial charge on any atom is 0.323 e. The lowest BCUT2D eigenvalue weighted by Crippen LogP contribution is -2.41. The van der Waals surface area contributed by atoms with Gasteiger partial charge in [0.25, 0.3) is 0 Å². The highest BCUT2D eigenvalue weighted by molar-refractivity contribution is 7.89. The molecule has 2 atom stereocenters. The summed E-state index contributed by atoms with van der Waals surface area (Å²) in [5.74, 6) is 0.466. The summed E-state index contributed by atoms with van der Waals surface area (Å²) < 4.78 is 33.7. The molecule has 2 aliphatic rings. The Kier molecular flexibility index (Phi) is 10.0. The Labute approximate surface area is 264 Å². The standard InChI is InChI=1S/C33H40N6O5S/c1-23-10-7-8-13-27(23)34-33(41)35-29-16-15-25(20-31(29)44-3)21-32(40)39-18-9-14-30(39)28-17-19-38(36-28)22-24(2)37-45(42,43)26-11-5-4-6-12-26/h4-8,10-13,15-16,20,24,30,37H,9,14,17-19,21-22H2,1-3H3,(H2,34,35,41). The van der Waals surface area contributed by atoms with Gasteiger partial charge in [0.15, 0.2) is 0 Å². The number of para-hydroxylation sites is 1.